The van der Waals surface area contributed by atoms with Gasteiger partial charge in [-0.3, -0.25) is 13.8 Å². The monoisotopic (exact) mass is 608 g/mol. The van der Waals surface area contributed by atoms with E-state index in [4.69, 9.17) is 0 Å². The summed E-state index contributed by atoms with van der Waals surface area (Å²) in [6, 6.07) is 1.79. The molecule has 3 aliphatic carbocycles. The van der Waals surface area contributed by atoms with Crippen LogP contribution in [0.2, 0.25) is 0 Å². The van der Waals surface area contributed by atoms with Gasteiger partial charge in [-0.25, -0.2) is 0 Å². The average molecular weight is 608 g/mol. The molecule has 0 N–H and O–H groups in total. The van der Waals surface area contributed by atoms with Crippen LogP contribution in [0.5, 0.6) is 0 Å². The zero-order chi connectivity index (χ0) is 30.7. The average Bonchev–Trinajstić information content (AvgIpc) is 3.76. The second-order valence-corrected chi connectivity index (χ2v) is 9.92. The highest BCUT2D eigenvalue weighted by Crippen LogP contribution is 2.38. The Labute approximate surface area is 237 Å². The number of hydrogen-bond acceptors (Lipinski definition) is 3. The van der Waals surface area contributed by atoms with E-state index in [-0.39, 0.29) is 30.9 Å². The molecule has 0 saturated heterocycles. The molecule has 0 amide bonds. The molecule has 222 valence electrons. The minimum atomic E-state index is -5.23. The molecular weight excluding hydrogens is 590 g/mol. The molecule has 6 rings (SSSR count). The van der Waals surface area contributed by atoms with Gasteiger partial charge < -0.3 is 0 Å². The highest BCUT2D eigenvalue weighted by molar-refractivity contribution is 6.53. The van der Waals surface area contributed by atoms with E-state index in [9.17, 15) is 39.5 Å². The first-order chi connectivity index (χ1) is 20.2. The summed E-state index contributed by atoms with van der Waals surface area (Å²) in [6.07, 6.45) is 2.41. The third-order valence-electron chi connectivity index (χ3n) is 7.06. The van der Waals surface area contributed by atoms with Crippen molar-refractivity contribution in [1.29, 1.82) is 0 Å². The van der Waals surface area contributed by atoms with Crippen LogP contribution in [0.1, 0.15) is 51.9 Å². The number of alkyl halides is 9. The van der Waals surface area contributed by atoms with Gasteiger partial charge in [-0.1, -0.05) is 72.9 Å². The normalized spacial score (nSPS) is 17.5. The lowest BCUT2D eigenvalue weighted by Crippen LogP contribution is -2.49. The summed E-state index contributed by atoms with van der Waals surface area (Å²) in [7, 11) is -2.60. The molecule has 0 radical (unpaired) electrons. The lowest BCUT2D eigenvalue weighted by molar-refractivity contribution is -0.143. The van der Waals surface area contributed by atoms with Crippen molar-refractivity contribution in [2.75, 3.05) is 0 Å². The van der Waals surface area contributed by atoms with Crippen molar-refractivity contribution in [1.82, 2.24) is 29.1 Å². The van der Waals surface area contributed by atoms with E-state index < -0.39 is 60.5 Å². The Morgan fingerprint density at radius 1 is 0.442 bits per heavy atom. The van der Waals surface area contributed by atoms with Crippen molar-refractivity contribution in [2.24, 2.45) is 0 Å². The molecule has 0 spiro atoms. The first-order valence-corrected chi connectivity index (χ1v) is 12.8. The molecule has 0 unspecified atom stereocenters. The topological polar surface area (TPSA) is 53.5 Å². The Hall–Kier alpha value is -4.50. The van der Waals surface area contributed by atoms with Gasteiger partial charge >= 0.3 is 25.6 Å². The smallest absolute Gasteiger partial charge is 0.256 e. The van der Waals surface area contributed by atoms with E-state index in [0.29, 0.717) is 18.2 Å². The number of aromatic nitrogens is 6. The highest BCUT2D eigenvalue weighted by Gasteiger charge is 2.49. The predicted molar refractivity (Wildman–Crippen MR) is 137 cm³/mol. The summed E-state index contributed by atoms with van der Waals surface area (Å²) in [5.41, 5.74) is -5.49. The number of allylic oxidation sites excluding steroid dienone is 12. The predicted octanol–water partition coefficient (Wildman–Crippen LogP) is 6.89. The summed E-state index contributed by atoms with van der Waals surface area (Å²) in [5, 5.41) is 11.9. The largest absolute Gasteiger partial charge is 0.570 e. The Balaban J connectivity index is 1.66. The lowest BCUT2D eigenvalue weighted by atomic mass is 9.92. The Morgan fingerprint density at radius 2 is 0.674 bits per heavy atom. The number of hydrogen-bond donors (Lipinski definition) is 0. The van der Waals surface area contributed by atoms with Crippen LogP contribution in [-0.4, -0.2) is 36.2 Å². The van der Waals surface area contributed by atoms with Crippen molar-refractivity contribution in [2.45, 2.75) is 36.3 Å². The number of rotatable bonds is 6. The third-order valence-corrected chi connectivity index (χ3v) is 7.06. The fourth-order valence-electron chi connectivity index (χ4n) is 5.09. The maximum atomic E-state index is 14.5. The van der Waals surface area contributed by atoms with Crippen LogP contribution in [-0.2, 0) is 18.5 Å². The van der Waals surface area contributed by atoms with Crippen molar-refractivity contribution >= 4 is 7.12 Å². The Bertz CT molecular complexity index is 1490. The quantitative estimate of drug-likeness (QED) is 0.226. The first-order valence-electron chi connectivity index (χ1n) is 12.8. The van der Waals surface area contributed by atoms with E-state index in [0.717, 1.165) is 0 Å². The molecule has 3 heterocycles. The maximum Gasteiger partial charge on any atom is 0.570 e. The van der Waals surface area contributed by atoms with E-state index in [1.165, 1.54) is 72.9 Å². The minimum absolute atomic E-state index is 0.0774. The van der Waals surface area contributed by atoms with E-state index >= 15 is 0 Å². The molecule has 3 aromatic heterocycles. The van der Waals surface area contributed by atoms with Crippen molar-refractivity contribution in [3.05, 3.63) is 125 Å². The minimum Gasteiger partial charge on any atom is -0.256 e. The van der Waals surface area contributed by atoms with Crippen molar-refractivity contribution in [3.63, 3.8) is 0 Å². The summed E-state index contributed by atoms with van der Waals surface area (Å²) < 4.78 is 130. The Morgan fingerprint density at radius 3 is 0.884 bits per heavy atom. The lowest BCUT2D eigenvalue weighted by Gasteiger charge is -2.22. The molecule has 16 heteroatoms. The Kier molecular flexibility index (Phi) is 6.69. The zero-order valence-corrected chi connectivity index (χ0v) is 21.6. The van der Waals surface area contributed by atoms with Crippen LogP contribution in [0.3, 0.4) is 0 Å². The van der Waals surface area contributed by atoms with Crippen LogP contribution < -0.4 is 0 Å². The standard InChI is InChI=1S/C27H18BF9N6/c29-25(30,31)22-13-19(16-7-1-2-8-16)38-41(22)28(42-23(26(32,33)34)14-20(39-42)17-9-3-4-10-17)43-24(27(35,36)37)15-21(40-43)18-11-5-6-12-18/h1-18H. The molecule has 0 aliphatic heterocycles. The summed E-state index contributed by atoms with van der Waals surface area (Å²) in [6.45, 7) is 0. The second-order valence-electron chi connectivity index (χ2n) is 9.92. The van der Waals surface area contributed by atoms with Crippen molar-refractivity contribution in [3.8, 4) is 0 Å². The van der Waals surface area contributed by atoms with Gasteiger partial charge in [0, 0.05) is 17.8 Å². The molecule has 0 atom stereocenters. The number of halogens is 9. The zero-order valence-electron chi connectivity index (χ0n) is 21.6. The molecule has 0 fully saturated rings. The first kappa shape index (κ1) is 28.6. The van der Waals surface area contributed by atoms with Crippen molar-refractivity contribution < 1.29 is 39.5 Å². The van der Waals surface area contributed by atoms with Crippen LogP contribution in [0, 0.1) is 0 Å². The van der Waals surface area contributed by atoms with E-state index in [1.807, 2.05) is 0 Å². The molecule has 0 aromatic carbocycles. The molecule has 6 nitrogen and oxygen atoms in total. The van der Waals surface area contributed by atoms with Gasteiger partial charge in [0.25, 0.3) is 0 Å². The van der Waals surface area contributed by atoms with Crippen LogP contribution in [0.15, 0.2) is 91.1 Å². The molecular formula is C27H18BF9N6. The van der Waals surface area contributed by atoms with Gasteiger partial charge in [0.1, 0.15) is 17.1 Å². The molecule has 3 aromatic rings. The molecule has 0 saturated carbocycles. The van der Waals surface area contributed by atoms with Gasteiger partial charge in [0.2, 0.25) is 0 Å². The van der Waals surface area contributed by atoms with Crippen LogP contribution in [0.4, 0.5) is 39.5 Å². The summed E-state index contributed by atoms with van der Waals surface area (Å²) in [5.74, 6) is -2.39. The second kappa shape index (κ2) is 10.1. The van der Waals surface area contributed by atoms with E-state index in [2.05, 4.69) is 15.3 Å². The van der Waals surface area contributed by atoms with Gasteiger partial charge in [-0.05, 0) is 18.2 Å². The molecule has 0 bridgehead atoms. The van der Waals surface area contributed by atoms with Gasteiger partial charge in [-0.2, -0.15) is 54.8 Å². The fourth-order valence-corrected chi connectivity index (χ4v) is 5.09. The summed E-state index contributed by atoms with van der Waals surface area (Å²) >= 11 is 0. The summed E-state index contributed by atoms with van der Waals surface area (Å²) in [4.78, 5) is 0. The fraction of sp³-hybridized carbons (Fsp3) is 0.222. The van der Waals surface area contributed by atoms with E-state index in [1.54, 1.807) is 0 Å². The number of nitrogens with zero attached hydrogens (tertiary/aromatic N) is 6. The van der Waals surface area contributed by atoms with Gasteiger partial charge in [0.05, 0.1) is 17.1 Å². The van der Waals surface area contributed by atoms with Crippen LogP contribution in [0.25, 0.3) is 0 Å². The van der Waals surface area contributed by atoms with Crippen LogP contribution >= 0.6 is 0 Å². The highest BCUT2D eigenvalue weighted by atomic mass is 19.4. The SMILES string of the molecule is FC(F)(F)c1cc(C2C=CC=C2)nn1B(n1nc(C2C=CC=C2)cc1C(F)(F)F)n1nc(C2C=CC=C2)cc1C(F)(F)F. The molecule has 3 aliphatic rings. The maximum absolute atomic E-state index is 14.5. The third kappa shape index (κ3) is 5.29. The molecule has 43 heavy (non-hydrogen) atoms. The van der Waals surface area contributed by atoms with Gasteiger partial charge in [0.15, 0.2) is 0 Å². The van der Waals surface area contributed by atoms with Gasteiger partial charge in [-0.15, -0.1) is 0 Å².